The third-order valence-electron chi connectivity index (χ3n) is 5.12. The van der Waals surface area contributed by atoms with Gasteiger partial charge in [0.25, 0.3) is 0 Å². The van der Waals surface area contributed by atoms with E-state index in [4.69, 9.17) is 10.5 Å². The van der Waals surface area contributed by atoms with Crippen LogP contribution in [0.5, 0.6) is 0 Å². The fourth-order valence-electron chi connectivity index (χ4n) is 3.07. The first-order chi connectivity index (χ1) is 14.9. The Kier molecular flexibility index (Phi) is 9.91. The number of nitrogens with two attached hydrogens (primary N) is 1. The topological polar surface area (TPSA) is 93.8 Å². The van der Waals surface area contributed by atoms with E-state index in [0.29, 0.717) is 12.3 Å². The van der Waals surface area contributed by atoms with Gasteiger partial charge in [0.2, 0.25) is 5.91 Å². The van der Waals surface area contributed by atoms with Gasteiger partial charge in [-0.3, -0.25) is 14.6 Å². The summed E-state index contributed by atoms with van der Waals surface area (Å²) in [6.07, 6.45) is 11.7. The highest BCUT2D eigenvalue weighted by Gasteiger charge is 2.19. The standard InChI is InChI=1S/C25H33N3O3/c1-4-5-6-24(29)31-17-20-8-11-21(12-9-20)23(15-26)25(30)28-19(3)7-10-22-16-27-14-13-18(22)2/h7-14,16,18,23H,4-6,15,17,26H2,1-3H3,(H,28,30)/b19-7+,22-10-. The molecule has 2 rings (SSSR count). The molecule has 1 amide bonds. The number of hydrogen-bond donors (Lipinski definition) is 2. The molecular weight excluding hydrogens is 390 g/mol. The van der Waals surface area contributed by atoms with E-state index in [9.17, 15) is 9.59 Å². The number of allylic oxidation sites excluding steroid dienone is 5. The summed E-state index contributed by atoms with van der Waals surface area (Å²) in [5, 5.41) is 2.92. The van der Waals surface area contributed by atoms with Crippen LogP contribution in [0, 0.1) is 5.92 Å². The molecule has 0 aromatic heterocycles. The van der Waals surface area contributed by atoms with Gasteiger partial charge in [0.05, 0.1) is 5.92 Å². The minimum absolute atomic E-state index is 0.154. The van der Waals surface area contributed by atoms with Gasteiger partial charge in [0.15, 0.2) is 0 Å². The summed E-state index contributed by atoms with van der Waals surface area (Å²) in [7, 11) is 0. The number of esters is 1. The minimum atomic E-state index is -0.463. The summed E-state index contributed by atoms with van der Waals surface area (Å²) in [6.45, 7) is 6.40. The molecule has 1 aliphatic heterocycles. The monoisotopic (exact) mass is 423 g/mol. The van der Waals surface area contributed by atoms with Gasteiger partial charge in [-0.15, -0.1) is 0 Å². The Morgan fingerprint density at radius 3 is 2.68 bits per heavy atom. The fraction of sp³-hybridized carbons (Fsp3) is 0.400. The van der Waals surface area contributed by atoms with Crippen molar-refractivity contribution >= 4 is 18.1 Å². The maximum Gasteiger partial charge on any atom is 0.306 e. The number of amides is 1. The number of nitrogens with one attached hydrogen (secondary N) is 1. The number of aliphatic imine (C=N–C) groups is 1. The Morgan fingerprint density at radius 2 is 2.03 bits per heavy atom. The van der Waals surface area contributed by atoms with Crippen LogP contribution < -0.4 is 11.1 Å². The Morgan fingerprint density at radius 1 is 1.29 bits per heavy atom. The first-order valence-corrected chi connectivity index (χ1v) is 10.8. The summed E-state index contributed by atoms with van der Waals surface area (Å²) in [6, 6.07) is 7.45. The second-order valence-corrected chi connectivity index (χ2v) is 7.71. The number of carbonyl (C=O) groups excluding carboxylic acids is 2. The van der Waals surface area contributed by atoms with Gasteiger partial charge in [-0.2, -0.15) is 0 Å². The molecule has 6 nitrogen and oxygen atoms in total. The zero-order chi connectivity index (χ0) is 22.6. The molecule has 1 aromatic carbocycles. The Hall–Kier alpha value is -2.99. The smallest absolute Gasteiger partial charge is 0.306 e. The van der Waals surface area contributed by atoms with Crippen LogP contribution in [0.3, 0.4) is 0 Å². The van der Waals surface area contributed by atoms with Crippen molar-refractivity contribution in [1.29, 1.82) is 0 Å². The van der Waals surface area contributed by atoms with Crippen LogP contribution in [0.4, 0.5) is 0 Å². The fourth-order valence-corrected chi connectivity index (χ4v) is 3.07. The lowest BCUT2D eigenvalue weighted by molar-refractivity contribution is -0.145. The minimum Gasteiger partial charge on any atom is -0.461 e. The SMILES string of the molecule is CCCCC(=O)OCc1ccc(C(CN)C(=O)N/C(C)=C/C=C2/C=NC=CC2C)cc1. The Balaban J connectivity index is 1.94. The van der Waals surface area contributed by atoms with Crippen molar-refractivity contribution < 1.29 is 14.3 Å². The molecule has 31 heavy (non-hydrogen) atoms. The van der Waals surface area contributed by atoms with Crippen LogP contribution in [0.15, 0.2) is 65.0 Å². The van der Waals surface area contributed by atoms with E-state index in [-0.39, 0.29) is 25.0 Å². The quantitative estimate of drug-likeness (QED) is 0.553. The van der Waals surface area contributed by atoms with Gasteiger partial charge in [0, 0.05) is 37.0 Å². The van der Waals surface area contributed by atoms with Gasteiger partial charge in [-0.25, -0.2) is 0 Å². The predicted molar refractivity (Wildman–Crippen MR) is 124 cm³/mol. The average Bonchev–Trinajstić information content (AvgIpc) is 2.77. The van der Waals surface area contributed by atoms with Crippen LogP contribution >= 0.6 is 0 Å². The Bertz CT molecular complexity index is 867. The van der Waals surface area contributed by atoms with Crippen LogP contribution in [0.25, 0.3) is 0 Å². The molecule has 2 unspecified atom stereocenters. The number of ether oxygens (including phenoxy) is 1. The van der Waals surface area contributed by atoms with Crippen molar-refractivity contribution in [2.75, 3.05) is 6.54 Å². The molecule has 3 N–H and O–H groups in total. The largest absolute Gasteiger partial charge is 0.461 e. The summed E-state index contributed by atoms with van der Waals surface area (Å²) >= 11 is 0. The van der Waals surface area contributed by atoms with Gasteiger partial charge >= 0.3 is 5.97 Å². The zero-order valence-corrected chi connectivity index (χ0v) is 18.6. The van der Waals surface area contributed by atoms with Gasteiger partial charge < -0.3 is 15.8 Å². The molecule has 0 spiro atoms. The van der Waals surface area contributed by atoms with Crippen molar-refractivity contribution in [2.24, 2.45) is 16.6 Å². The van der Waals surface area contributed by atoms with E-state index < -0.39 is 5.92 Å². The van der Waals surface area contributed by atoms with Crippen molar-refractivity contribution in [2.45, 2.75) is 52.6 Å². The third-order valence-corrected chi connectivity index (χ3v) is 5.12. The molecular formula is C25H33N3O3. The second-order valence-electron chi connectivity index (χ2n) is 7.71. The number of unbranched alkanes of at least 4 members (excludes halogenated alkanes) is 1. The molecule has 166 valence electrons. The Labute approximate surface area is 185 Å². The summed E-state index contributed by atoms with van der Waals surface area (Å²) < 4.78 is 5.27. The van der Waals surface area contributed by atoms with E-state index in [0.717, 1.165) is 35.2 Å². The molecule has 1 aliphatic rings. The average molecular weight is 424 g/mol. The lowest BCUT2D eigenvalue weighted by atomic mass is 9.97. The number of benzene rings is 1. The number of rotatable bonds is 10. The van der Waals surface area contributed by atoms with Gasteiger partial charge in [-0.1, -0.05) is 56.7 Å². The van der Waals surface area contributed by atoms with E-state index in [1.54, 1.807) is 6.20 Å². The predicted octanol–water partition coefficient (Wildman–Crippen LogP) is 4.14. The number of hydrogen-bond acceptors (Lipinski definition) is 5. The normalized spacial score (nSPS) is 18.1. The van der Waals surface area contributed by atoms with Crippen LogP contribution in [0.1, 0.15) is 57.1 Å². The van der Waals surface area contributed by atoms with Crippen molar-refractivity contribution in [3.05, 3.63) is 71.1 Å². The van der Waals surface area contributed by atoms with Crippen molar-refractivity contribution in [3.63, 3.8) is 0 Å². The van der Waals surface area contributed by atoms with E-state index in [1.807, 2.05) is 62.6 Å². The lowest BCUT2D eigenvalue weighted by Gasteiger charge is -2.16. The third kappa shape index (κ3) is 7.98. The van der Waals surface area contributed by atoms with Crippen molar-refractivity contribution in [1.82, 2.24) is 5.32 Å². The highest BCUT2D eigenvalue weighted by molar-refractivity contribution is 5.85. The van der Waals surface area contributed by atoms with E-state index in [2.05, 4.69) is 17.2 Å². The van der Waals surface area contributed by atoms with E-state index >= 15 is 0 Å². The molecule has 0 saturated heterocycles. The first-order valence-electron chi connectivity index (χ1n) is 10.8. The maximum absolute atomic E-state index is 12.7. The van der Waals surface area contributed by atoms with Crippen LogP contribution in [-0.2, 0) is 20.9 Å². The number of nitrogens with zero attached hydrogens (tertiary/aromatic N) is 1. The second kappa shape index (κ2) is 12.6. The van der Waals surface area contributed by atoms with Gasteiger partial charge in [-0.05, 0) is 36.1 Å². The first kappa shape index (κ1) is 24.3. The van der Waals surface area contributed by atoms with Gasteiger partial charge in [0.1, 0.15) is 6.61 Å². The molecule has 2 atom stereocenters. The van der Waals surface area contributed by atoms with Crippen molar-refractivity contribution in [3.8, 4) is 0 Å². The number of carbonyl (C=O) groups is 2. The van der Waals surface area contributed by atoms with E-state index in [1.165, 1.54) is 0 Å². The highest BCUT2D eigenvalue weighted by Crippen LogP contribution is 2.18. The zero-order valence-electron chi connectivity index (χ0n) is 18.6. The molecule has 6 heteroatoms. The van der Waals surface area contributed by atoms with Crippen LogP contribution in [-0.4, -0.2) is 24.6 Å². The molecule has 0 fully saturated rings. The van der Waals surface area contributed by atoms with Crippen LogP contribution in [0.2, 0.25) is 0 Å². The molecule has 1 aromatic rings. The molecule has 0 saturated carbocycles. The molecule has 0 bridgehead atoms. The molecule has 0 aliphatic carbocycles. The lowest BCUT2D eigenvalue weighted by Crippen LogP contribution is -2.32. The summed E-state index contributed by atoms with van der Waals surface area (Å²) in [5.41, 5.74) is 9.41. The maximum atomic E-state index is 12.7. The molecule has 0 radical (unpaired) electrons. The summed E-state index contributed by atoms with van der Waals surface area (Å²) in [4.78, 5) is 28.5. The highest BCUT2D eigenvalue weighted by atomic mass is 16.5. The molecule has 1 heterocycles. The summed E-state index contributed by atoms with van der Waals surface area (Å²) in [5.74, 6) is -0.514.